The Morgan fingerprint density at radius 3 is 2.84 bits per heavy atom. The van der Waals surface area contributed by atoms with Gasteiger partial charge in [-0.2, -0.15) is 0 Å². The smallest absolute Gasteiger partial charge is 0.156 e. The van der Waals surface area contributed by atoms with E-state index in [-0.39, 0.29) is 29.3 Å². The standard InChI is InChI=1S/C13H18ClN3O2/c1-8-15-12(14)10(7-19)13(16-8)17-11-5-3-2-4-9(11)6-18/h7,9,11,18H,2-6H2,1H3,(H,15,16,17). The van der Waals surface area contributed by atoms with E-state index in [4.69, 9.17) is 11.6 Å². The molecule has 2 unspecified atom stereocenters. The highest BCUT2D eigenvalue weighted by atomic mass is 35.5. The number of carbonyl (C=O) groups is 1. The highest BCUT2D eigenvalue weighted by Gasteiger charge is 2.26. The van der Waals surface area contributed by atoms with E-state index in [0.29, 0.717) is 17.9 Å². The summed E-state index contributed by atoms with van der Waals surface area (Å²) in [5, 5.41) is 12.8. The Labute approximate surface area is 117 Å². The summed E-state index contributed by atoms with van der Waals surface area (Å²) in [6, 6.07) is 0.128. The number of aromatic nitrogens is 2. The largest absolute Gasteiger partial charge is 0.396 e. The Hall–Kier alpha value is -1.20. The lowest BCUT2D eigenvalue weighted by atomic mass is 9.85. The monoisotopic (exact) mass is 283 g/mol. The van der Waals surface area contributed by atoms with E-state index >= 15 is 0 Å². The maximum atomic E-state index is 11.1. The van der Waals surface area contributed by atoms with Crippen LogP contribution in [0.5, 0.6) is 0 Å². The Morgan fingerprint density at radius 1 is 1.42 bits per heavy atom. The third-order valence-corrected chi connectivity index (χ3v) is 3.88. The zero-order valence-corrected chi connectivity index (χ0v) is 11.7. The van der Waals surface area contributed by atoms with E-state index in [9.17, 15) is 9.90 Å². The number of carbonyl (C=O) groups excluding carboxylic acids is 1. The minimum absolute atomic E-state index is 0.128. The molecule has 1 aromatic rings. The van der Waals surface area contributed by atoms with Crippen molar-refractivity contribution in [2.24, 2.45) is 5.92 Å². The molecule has 1 aromatic heterocycles. The SMILES string of the molecule is Cc1nc(Cl)c(C=O)c(NC2CCCCC2CO)n1. The number of aryl methyl sites for hydroxylation is 1. The van der Waals surface area contributed by atoms with Crippen LogP contribution in [0.25, 0.3) is 0 Å². The van der Waals surface area contributed by atoms with E-state index in [1.54, 1.807) is 6.92 Å². The molecule has 0 saturated heterocycles. The van der Waals surface area contributed by atoms with Crippen LogP contribution in [0.4, 0.5) is 5.82 Å². The average molecular weight is 284 g/mol. The van der Waals surface area contributed by atoms with Gasteiger partial charge in [0.15, 0.2) is 6.29 Å². The van der Waals surface area contributed by atoms with Gasteiger partial charge in [0.2, 0.25) is 0 Å². The predicted molar refractivity (Wildman–Crippen MR) is 73.6 cm³/mol. The van der Waals surface area contributed by atoms with Gasteiger partial charge in [0.1, 0.15) is 16.8 Å². The van der Waals surface area contributed by atoms with Crippen LogP contribution in [0.2, 0.25) is 5.15 Å². The summed E-state index contributed by atoms with van der Waals surface area (Å²) in [4.78, 5) is 19.3. The predicted octanol–water partition coefficient (Wildman–Crippen LogP) is 2.21. The first-order valence-electron chi connectivity index (χ1n) is 6.52. The Balaban J connectivity index is 2.24. The lowest BCUT2D eigenvalue weighted by molar-refractivity contribution is 0.112. The van der Waals surface area contributed by atoms with Crippen molar-refractivity contribution in [3.05, 3.63) is 16.5 Å². The van der Waals surface area contributed by atoms with Gasteiger partial charge in [-0.05, 0) is 19.8 Å². The van der Waals surface area contributed by atoms with Gasteiger partial charge in [-0.3, -0.25) is 4.79 Å². The molecule has 1 saturated carbocycles. The number of rotatable bonds is 4. The van der Waals surface area contributed by atoms with Gasteiger partial charge in [-0.1, -0.05) is 24.4 Å². The first kappa shape index (κ1) is 14.2. The van der Waals surface area contributed by atoms with Gasteiger partial charge < -0.3 is 10.4 Å². The molecule has 0 radical (unpaired) electrons. The number of hydrogen-bond donors (Lipinski definition) is 2. The zero-order valence-electron chi connectivity index (χ0n) is 10.9. The molecule has 1 aliphatic carbocycles. The van der Waals surface area contributed by atoms with Crippen molar-refractivity contribution in [3.8, 4) is 0 Å². The maximum Gasteiger partial charge on any atom is 0.156 e. The molecule has 2 atom stereocenters. The van der Waals surface area contributed by atoms with Crippen LogP contribution in [0, 0.1) is 12.8 Å². The molecule has 1 heterocycles. The molecule has 1 fully saturated rings. The Morgan fingerprint density at radius 2 is 2.16 bits per heavy atom. The van der Waals surface area contributed by atoms with Crippen molar-refractivity contribution in [2.45, 2.75) is 38.6 Å². The normalized spacial score (nSPS) is 23.1. The molecule has 0 aromatic carbocycles. The molecule has 0 spiro atoms. The topological polar surface area (TPSA) is 75.1 Å². The van der Waals surface area contributed by atoms with Gasteiger partial charge in [0.05, 0.1) is 5.56 Å². The summed E-state index contributed by atoms with van der Waals surface area (Å²) in [5.74, 6) is 1.19. The van der Waals surface area contributed by atoms with Crippen LogP contribution < -0.4 is 5.32 Å². The fourth-order valence-corrected chi connectivity index (χ4v) is 2.81. The van der Waals surface area contributed by atoms with E-state index in [1.165, 1.54) is 0 Å². The van der Waals surface area contributed by atoms with Crippen LogP contribution in [-0.4, -0.2) is 34.0 Å². The molecule has 1 aliphatic rings. The number of nitrogens with zero attached hydrogens (tertiary/aromatic N) is 2. The number of halogens is 1. The zero-order chi connectivity index (χ0) is 13.8. The number of aliphatic hydroxyl groups excluding tert-OH is 1. The van der Waals surface area contributed by atoms with Gasteiger partial charge in [-0.15, -0.1) is 0 Å². The number of anilines is 1. The van der Waals surface area contributed by atoms with E-state index in [0.717, 1.165) is 25.7 Å². The number of aliphatic hydroxyl groups is 1. The molecular formula is C13H18ClN3O2. The lowest BCUT2D eigenvalue weighted by Crippen LogP contribution is -2.35. The molecule has 104 valence electrons. The van der Waals surface area contributed by atoms with Crippen molar-refractivity contribution in [3.63, 3.8) is 0 Å². The summed E-state index contributed by atoms with van der Waals surface area (Å²) in [6.45, 7) is 1.88. The summed E-state index contributed by atoms with van der Waals surface area (Å²) >= 11 is 5.95. The maximum absolute atomic E-state index is 11.1. The molecular weight excluding hydrogens is 266 g/mol. The van der Waals surface area contributed by atoms with Crippen molar-refractivity contribution in [1.29, 1.82) is 0 Å². The van der Waals surface area contributed by atoms with Gasteiger partial charge >= 0.3 is 0 Å². The van der Waals surface area contributed by atoms with Gasteiger partial charge in [0, 0.05) is 18.6 Å². The summed E-state index contributed by atoms with van der Waals surface area (Å²) in [7, 11) is 0. The van der Waals surface area contributed by atoms with E-state index < -0.39 is 0 Å². The van der Waals surface area contributed by atoms with Crippen LogP contribution in [0.3, 0.4) is 0 Å². The van der Waals surface area contributed by atoms with Crippen molar-refractivity contribution < 1.29 is 9.90 Å². The highest BCUT2D eigenvalue weighted by molar-refractivity contribution is 6.32. The molecule has 5 nitrogen and oxygen atoms in total. The molecule has 0 aliphatic heterocycles. The van der Waals surface area contributed by atoms with Gasteiger partial charge in [0.25, 0.3) is 0 Å². The van der Waals surface area contributed by atoms with Crippen molar-refractivity contribution in [1.82, 2.24) is 9.97 Å². The minimum Gasteiger partial charge on any atom is -0.396 e. The quantitative estimate of drug-likeness (QED) is 0.654. The summed E-state index contributed by atoms with van der Waals surface area (Å²) in [6.07, 6.45) is 4.86. The van der Waals surface area contributed by atoms with Crippen LogP contribution in [0.1, 0.15) is 41.9 Å². The third-order valence-electron chi connectivity index (χ3n) is 3.59. The number of aldehydes is 1. The van der Waals surface area contributed by atoms with Crippen molar-refractivity contribution >= 4 is 23.7 Å². The molecule has 0 amide bonds. The van der Waals surface area contributed by atoms with Crippen LogP contribution in [-0.2, 0) is 0 Å². The lowest BCUT2D eigenvalue weighted by Gasteiger charge is -2.31. The highest BCUT2D eigenvalue weighted by Crippen LogP contribution is 2.28. The van der Waals surface area contributed by atoms with Gasteiger partial charge in [-0.25, -0.2) is 9.97 Å². The summed E-state index contributed by atoms with van der Waals surface area (Å²) < 4.78 is 0. The Kier molecular flexibility index (Phi) is 4.71. The van der Waals surface area contributed by atoms with E-state index in [1.807, 2.05) is 0 Å². The first-order chi connectivity index (χ1) is 9.15. The number of hydrogen-bond acceptors (Lipinski definition) is 5. The molecule has 2 rings (SSSR count). The van der Waals surface area contributed by atoms with E-state index in [2.05, 4.69) is 15.3 Å². The van der Waals surface area contributed by atoms with Crippen molar-refractivity contribution in [2.75, 3.05) is 11.9 Å². The number of nitrogens with one attached hydrogen (secondary N) is 1. The Bertz CT molecular complexity index is 467. The molecule has 6 heteroatoms. The van der Waals surface area contributed by atoms with Crippen LogP contribution >= 0.6 is 11.6 Å². The molecule has 0 bridgehead atoms. The average Bonchev–Trinajstić information content (AvgIpc) is 2.39. The molecule has 19 heavy (non-hydrogen) atoms. The third kappa shape index (κ3) is 3.22. The van der Waals surface area contributed by atoms with Crippen LogP contribution in [0.15, 0.2) is 0 Å². The minimum atomic E-state index is 0.128. The summed E-state index contributed by atoms with van der Waals surface area (Å²) in [5.41, 5.74) is 0.287. The second-order valence-electron chi connectivity index (χ2n) is 4.92. The fraction of sp³-hybridized carbons (Fsp3) is 0.615. The fourth-order valence-electron chi connectivity index (χ4n) is 2.55. The first-order valence-corrected chi connectivity index (χ1v) is 6.90. The second kappa shape index (κ2) is 6.30. The second-order valence-corrected chi connectivity index (χ2v) is 5.28. The molecule has 2 N–H and O–H groups in total.